The predicted molar refractivity (Wildman–Crippen MR) is 149 cm³/mol. The number of nitrogens with one attached hydrogen (secondary N) is 2. The van der Waals surface area contributed by atoms with Crippen molar-refractivity contribution in [3.8, 4) is 0 Å². The Bertz CT molecular complexity index is 1370. The van der Waals surface area contributed by atoms with Crippen LogP contribution in [0, 0.1) is 0 Å². The molecule has 3 aromatic carbocycles. The number of halogens is 2. The van der Waals surface area contributed by atoms with E-state index in [-0.39, 0.29) is 29.1 Å². The van der Waals surface area contributed by atoms with Crippen LogP contribution in [0.2, 0.25) is 10.0 Å². The zero-order valence-corrected chi connectivity index (χ0v) is 22.5. The number of esters is 1. The molecule has 0 aliphatic carbocycles. The predicted octanol–water partition coefficient (Wildman–Crippen LogP) is 6.70. The molecular formula is C29H27Cl2N3O4. The third-order valence-corrected chi connectivity index (χ3v) is 6.54. The van der Waals surface area contributed by atoms with Gasteiger partial charge in [0, 0.05) is 17.3 Å². The van der Waals surface area contributed by atoms with Crippen molar-refractivity contribution >= 4 is 52.5 Å². The van der Waals surface area contributed by atoms with Gasteiger partial charge < -0.3 is 15.4 Å². The highest BCUT2D eigenvalue weighted by Crippen LogP contribution is 2.37. The molecule has 38 heavy (non-hydrogen) atoms. The van der Waals surface area contributed by atoms with Gasteiger partial charge in [-0.05, 0) is 54.8 Å². The molecule has 196 valence electrons. The van der Waals surface area contributed by atoms with Crippen LogP contribution in [0.4, 0.5) is 10.5 Å². The summed E-state index contributed by atoms with van der Waals surface area (Å²) in [5, 5.41) is 6.45. The molecule has 0 spiro atoms. The summed E-state index contributed by atoms with van der Waals surface area (Å²) in [6.45, 7) is 4.34. The molecule has 0 bridgehead atoms. The number of carbonyl (C=O) groups is 3. The lowest BCUT2D eigenvalue weighted by Crippen LogP contribution is -2.48. The molecule has 4 rings (SSSR count). The Kier molecular flexibility index (Phi) is 8.71. The molecule has 0 saturated carbocycles. The van der Waals surface area contributed by atoms with E-state index in [4.69, 9.17) is 27.9 Å². The van der Waals surface area contributed by atoms with Crippen molar-refractivity contribution in [2.24, 2.45) is 0 Å². The van der Waals surface area contributed by atoms with Crippen LogP contribution in [0.1, 0.15) is 47.8 Å². The van der Waals surface area contributed by atoms with Crippen LogP contribution >= 0.6 is 23.2 Å². The number of ether oxygens (including phenoxy) is 1. The van der Waals surface area contributed by atoms with Gasteiger partial charge in [-0.1, -0.05) is 72.6 Å². The molecule has 0 fully saturated rings. The van der Waals surface area contributed by atoms with Crippen LogP contribution in [0.3, 0.4) is 0 Å². The summed E-state index contributed by atoms with van der Waals surface area (Å²) < 4.78 is 5.44. The zero-order valence-electron chi connectivity index (χ0n) is 21.0. The Morgan fingerprint density at radius 2 is 1.71 bits per heavy atom. The second-order valence-electron chi connectivity index (χ2n) is 8.58. The number of urea groups is 1. The largest absolute Gasteiger partial charge is 0.463 e. The first kappa shape index (κ1) is 27.2. The molecule has 0 aromatic heterocycles. The van der Waals surface area contributed by atoms with Crippen molar-refractivity contribution in [1.29, 1.82) is 0 Å². The average Bonchev–Trinajstić information content (AvgIpc) is 2.90. The molecule has 1 heterocycles. The van der Waals surface area contributed by atoms with Crippen LogP contribution in [-0.4, -0.2) is 36.0 Å². The van der Waals surface area contributed by atoms with Crippen molar-refractivity contribution < 1.29 is 19.1 Å². The SMILES string of the molecule is CCCN1C(=O)NC(c2ccc(NC(=O)c3ccc(Cl)cc3Cl)cc2)C(C(=O)OCC)=C1c1ccccc1. The van der Waals surface area contributed by atoms with Gasteiger partial charge in [0.1, 0.15) is 0 Å². The summed E-state index contributed by atoms with van der Waals surface area (Å²) in [7, 11) is 0. The molecule has 7 nitrogen and oxygen atoms in total. The molecule has 0 radical (unpaired) electrons. The van der Waals surface area contributed by atoms with Crippen LogP contribution < -0.4 is 10.6 Å². The minimum atomic E-state index is -0.750. The van der Waals surface area contributed by atoms with Crippen molar-refractivity contribution in [2.75, 3.05) is 18.5 Å². The van der Waals surface area contributed by atoms with Crippen LogP contribution in [0.25, 0.3) is 5.70 Å². The fourth-order valence-electron chi connectivity index (χ4n) is 4.31. The van der Waals surface area contributed by atoms with Crippen molar-refractivity contribution in [3.63, 3.8) is 0 Å². The molecule has 0 saturated heterocycles. The second kappa shape index (κ2) is 12.2. The first-order chi connectivity index (χ1) is 18.3. The number of rotatable bonds is 8. The maximum atomic E-state index is 13.3. The Morgan fingerprint density at radius 3 is 2.34 bits per heavy atom. The number of hydrogen-bond acceptors (Lipinski definition) is 4. The van der Waals surface area contributed by atoms with E-state index in [2.05, 4.69) is 10.6 Å². The second-order valence-corrected chi connectivity index (χ2v) is 9.43. The van der Waals surface area contributed by atoms with Gasteiger partial charge >= 0.3 is 12.0 Å². The fourth-order valence-corrected chi connectivity index (χ4v) is 4.80. The monoisotopic (exact) mass is 551 g/mol. The van der Waals surface area contributed by atoms with E-state index in [0.29, 0.717) is 40.5 Å². The lowest BCUT2D eigenvalue weighted by atomic mass is 9.91. The van der Waals surface area contributed by atoms with E-state index in [1.54, 1.807) is 48.2 Å². The third kappa shape index (κ3) is 5.85. The molecule has 1 atom stereocenters. The van der Waals surface area contributed by atoms with Crippen LogP contribution in [0.5, 0.6) is 0 Å². The van der Waals surface area contributed by atoms with Gasteiger partial charge in [-0.15, -0.1) is 0 Å². The van der Waals surface area contributed by atoms with E-state index >= 15 is 0 Å². The fraction of sp³-hybridized carbons (Fsp3) is 0.207. The van der Waals surface area contributed by atoms with E-state index < -0.39 is 12.0 Å². The van der Waals surface area contributed by atoms with E-state index in [1.807, 2.05) is 37.3 Å². The molecular weight excluding hydrogens is 525 g/mol. The summed E-state index contributed by atoms with van der Waals surface area (Å²) in [5.74, 6) is -0.897. The smallest absolute Gasteiger partial charge is 0.338 e. The quantitative estimate of drug-likeness (QED) is 0.305. The molecule has 9 heteroatoms. The Balaban J connectivity index is 1.71. The lowest BCUT2D eigenvalue weighted by Gasteiger charge is -2.36. The number of nitrogens with zero attached hydrogens (tertiary/aromatic N) is 1. The summed E-state index contributed by atoms with van der Waals surface area (Å²) in [6, 6.07) is 19.8. The van der Waals surface area contributed by atoms with Gasteiger partial charge in [0.2, 0.25) is 0 Å². The summed E-state index contributed by atoms with van der Waals surface area (Å²) in [6.07, 6.45) is 0.705. The number of anilines is 1. The van der Waals surface area contributed by atoms with Gasteiger partial charge in [0.15, 0.2) is 0 Å². The molecule has 1 aliphatic heterocycles. The van der Waals surface area contributed by atoms with E-state index in [9.17, 15) is 14.4 Å². The Labute approximate surface area is 231 Å². The number of carbonyl (C=O) groups excluding carboxylic acids is 3. The number of benzene rings is 3. The van der Waals surface area contributed by atoms with Crippen molar-refractivity contribution in [1.82, 2.24) is 10.2 Å². The number of amides is 3. The molecule has 3 aromatic rings. The minimum absolute atomic E-state index is 0.192. The van der Waals surface area contributed by atoms with E-state index in [1.165, 1.54) is 6.07 Å². The lowest BCUT2D eigenvalue weighted by molar-refractivity contribution is -0.138. The Morgan fingerprint density at radius 1 is 1.00 bits per heavy atom. The maximum absolute atomic E-state index is 13.3. The normalized spacial score (nSPS) is 15.2. The maximum Gasteiger partial charge on any atom is 0.338 e. The van der Waals surface area contributed by atoms with Crippen molar-refractivity contribution in [3.05, 3.63) is 105 Å². The van der Waals surface area contributed by atoms with Gasteiger partial charge in [0.25, 0.3) is 5.91 Å². The van der Waals surface area contributed by atoms with Gasteiger partial charge in [-0.25, -0.2) is 9.59 Å². The summed E-state index contributed by atoms with van der Waals surface area (Å²) >= 11 is 12.1. The third-order valence-electron chi connectivity index (χ3n) is 5.99. The van der Waals surface area contributed by atoms with Gasteiger partial charge in [0.05, 0.1) is 34.5 Å². The minimum Gasteiger partial charge on any atom is -0.463 e. The van der Waals surface area contributed by atoms with E-state index in [0.717, 1.165) is 5.56 Å². The molecule has 1 aliphatic rings. The molecule has 1 unspecified atom stereocenters. The standard InChI is InChI=1S/C29H27Cl2N3O4/c1-3-16-34-26(19-8-6-5-7-9-19)24(28(36)38-4-2)25(33-29(34)37)18-10-13-21(14-11-18)32-27(35)22-15-12-20(30)17-23(22)31/h5-15,17,25H,3-4,16H2,1-2H3,(H,32,35)(H,33,37). The highest BCUT2D eigenvalue weighted by Gasteiger charge is 2.38. The Hall–Kier alpha value is -3.81. The van der Waals surface area contributed by atoms with Gasteiger partial charge in [-0.3, -0.25) is 9.69 Å². The van der Waals surface area contributed by atoms with Crippen LogP contribution in [0.15, 0.2) is 78.4 Å². The highest BCUT2D eigenvalue weighted by atomic mass is 35.5. The van der Waals surface area contributed by atoms with Crippen molar-refractivity contribution in [2.45, 2.75) is 26.3 Å². The molecule has 2 N–H and O–H groups in total. The molecule has 3 amide bonds. The first-order valence-corrected chi connectivity index (χ1v) is 13.0. The topological polar surface area (TPSA) is 87.7 Å². The summed E-state index contributed by atoms with van der Waals surface area (Å²) in [5.41, 5.74) is 3.08. The average molecular weight is 552 g/mol. The number of hydrogen-bond donors (Lipinski definition) is 2. The first-order valence-electron chi connectivity index (χ1n) is 12.2. The summed E-state index contributed by atoms with van der Waals surface area (Å²) in [4.78, 5) is 40.9. The zero-order chi connectivity index (χ0) is 27.2. The highest BCUT2D eigenvalue weighted by molar-refractivity contribution is 6.37. The van der Waals surface area contributed by atoms with Gasteiger partial charge in [-0.2, -0.15) is 0 Å². The van der Waals surface area contributed by atoms with Crippen LogP contribution in [-0.2, 0) is 9.53 Å².